The molecular formula is C22H18BrNO2. The fraction of sp³-hybridized carbons (Fsp3) is 0.136. The van der Waals surface area contributed by atoms with Crippen LogP contribution in [0.3, 0.4) is 0 Å². The average molecular weight is 408 g/mol. The number of halogens is 1. The second-order valence-electron chi connectivity index (χ2n) is 6.29. The molecule has 1 heterocycles. The summed E-state index contributed by atoms with van der Waals surface area (Å²) in [5, 5.41) is 1.77. The molecule has 3 nitrogen and oxygen atoms in total. The third kappa shape index (κ3) is 3.43. The first-order valence-electron chi connectivity index (χ1n) is 8.58. The lowest BCUT2D eigenvalue weighted by Crippen LogP contribution is -2.35. The first kappa shape index (κ1) is 17.0. The van der Waals surface area contributed by atoms with Crippen molar-refractivity contribution >= 4 is 27.4 Å². The molecule has 26 heavy (non-hydrogen) atoms. The number of hydrogen-bond acceptors (Lipinski definition) is 3. The second kappa shape index (κ2) is 7.44. The van der Waals surface area contributed by atoms with E-state index in [0.717, 1.165) is 15.7 Å². The molecule has 4 rings (SSSR count). The summed E-state index contributed by atoms with van der Waals surface area (Å²) in [6.07, 6.45) is 0.463. The van der Waals surface area contributed by atoms with Crippen molar-refractivity contribution in [1.29, 1.82) is 0 Å². The highest BCUT2D eigenvalue weighted by atomic mass is 79.9. The van der Waals surface area contributed by atoms with Crippen LogP contribution in [0.5, 0.6) is 0 Å². The summed E-state index contributed by atoms with van der Waals surface area (Å²) in [5.74, 6) is 0.0778. The fourth-order valence-electron chi connectivity index (χ4n) is 3.25. The van der Waals surface area contributed by atoms with Crippen LogP contribution in [0.15, 0.2) is 89.4 Å². The molecule has 0 aliphatic carbocycles. The number of ketones is 1. The number of hydrogen-bond donors (Lipinski definition) is 0. The van der Waals surface area contributed by atoms with Gasteiger partial charge < -0.3 is 0 Å². The average Bonchev–Trinajstić information content (AvgIpc) is 3.15. The molecule has 1 aliphatic rings. The van der Waals surface area contributed by atoms with Crippen LogP contribution in [0.25, 0.3) is 0 Å². The number of para-hydroxylation sites is 1. The highest BCUT2D eigenvalue weighted by Crippen LogP contribution is 2.38. The number of anilines is 1. The normalized spacial score (nSPS) is 19.5. The van der Waals surface area contributed by atoms with Crippen molar-refractivity contribution in [2.75, 3.05) is 5.06 Å². The molecule has 0 bridgehead atoms. The molecule has 0 amide bonds. The predicted octanol–water partition coefficient (Wildman–Crippen LogP) is 5.58. The molecule has 0 saturated carbocycles. The minimum Gasteiger partial charge on any atom is -0.292 e. The van der Waals surface area contributed by atoms with E-state index >= 15 is 0 Å². The van der Waals surface area contributed by atoms with Gasteiger partial charge in [-0.15, -0.1) is 0 Å². The number of benzene rings is 3. The van der Waals surface area contributed by atoms with Gasteiger partial charge in [0.1, 0.15) is 12.1 Å². The maximum Gasteiger partial charge on any atom is 0.187 e. The van der Waals surface area contributed by atoms with Gasteiger partial charge in [0, 0.05) is 16.5 Å². The van der Waals surface area contributed by atoms with Crippen molar-refractivity contribution in [2.24, 2.45) is 0 Å². The SMILES string of the molecule is O=C(c1ccccc1)C1CC(c2ccc(Br)cc2)ON1c1ccccc1. The topological polar surface area (TPSA) is 29.5 Å². The van der Waals surface area contributed by atoms with Gasteiger partial charge in [-0.2, -0.15) is 0 Å². The van der Waals surface area contributed by atoms with Crippen LogP contribution in [0, 0.1) is 0 Å². The molecule has 1 aliphatic heterocycles. The molecular weight excluding hydrogens is 390 g/mol. The number of hydroxylamine groups is 1. The summed E-state index contributed by atoms with van der Waals surface area (Å²) in [4.78, 5) is 19.4. The van der Waals surface area contributed by atoms with Crippen LogP contribution in [-0.4, -0.2) is 11.8 Å². The Morgan fingerprint density at radius 3 is 2.15 bits per heavy atom. The highest BCUT2D eigenvalue weighted by Gasteiger charge is 2.39. The monoisotopic (exact) mass is 407 g/mol. The molecule has 130 valence electrons. The lowest BCUT2D eigenvalue weighted by molar-refractivity contribution is 0.0773. The van der Waals surface area contributed by atoms with Crippen molar-refractivity contribution < 1.29 is 9.63 Å². The van der Waals surface area contributed by atoms with E-state index in [0.29, 0.717) is 12.0 Å². The smallest absolute Gasteiger partial charge is 0.187 e. The van der Waals surface area contributed by atoms with E-state index in [9.17, 15) is 4.79 Å². The maximum atomic E-state index is 13.1. The summed E-state index contributed by atoms with van der Waals surface area (Å²) in [6.45, 7) is 0. The summed E-state index contributed by atoms with van der Waals surface area (Å²) in [6, 6.07) is 26.9. The zero-order valence-electron chi connectivity index (χ0n) is 14.1. The van der Waals surface area contributed by atoms with Crippen LogP contribution in [0.1, 0.15) is 28.4 Å². The van der Waals surface area contributed by atoms with Crippen molar-refractivity contribution in [3.63, 3.8) is 0 Å². The van der Waals surface area contributed by atoms with Crippen molar-refractivity contribution in [3.8, 4) is 0 Å². The van der Waals surface area contributed by atoms with Crippen molar-refractivity contribution in [1.82, 2.24) is 0 Å². The first-order valence-corrected chi connectivity index (χ1v) is 9.37. The van der Waals surface area contributed by atoms with E-state index in [4.69, 9.17) is 4.84 Å². The van der Waals surface area contributed by atoms with Gasteiger partial charge >= 0.3 is 0 Å². The van der Waals surface area contributed by atoms with Gasteiger partial charge in [0.25, 0.3) is 0 Å². The minimum atomic E-state index is -0.353. The van der Waals surface area contributed by atoms with E-state index in [1.807, 2.05) is 84.9 Å². The molecule has 0 aromatic heterocycles. The highest BCUT2D eigenvalue weighted by molar-refractivity contribution is 9.10. The number of nitrogens with zero attached hydrogens (tertiary/aromatic N) is 1. The number of carbonyl (C=O) groups excluding carboxylic acids is 1. The lowest BCUT2D eigenvalue weighted by Gasteiger charge is -2.24. The minimum absolute atomic E-state index is 0.0778. The van der Waals surface area contributed by atoms with Gasteiger partial charge in [0.05, 0.1) is 5.69 Å². The number of Topliss-reactive ketones (excluding diaryl/α,β-unsaturated/α-hetero) is 1. The van der Waals surface area contributed by atoms with Crippen LogP contribution >= 0.6 is 15.9 Å². The molecule has 0 N–H and O–H groups in total. The molecule has 3 aromatic rings. The van der Waals surface area contributed by atoms with Crippen LogP contribution < -0.4 is 5.06 Å². The maximum absolute atomic E-state index is 13.1. The third-order valence-electron chi connectivity index (χ3n) is 4.57. The molecule has 2 atom stereocenters. The Morgan fingerprint density at radius 1 is 0.885 bits per heavy atom. The Morgan fingerprint density at radius 2 is 1.50 bits per heavy atom. The second-order valence-corrected chi connectivity index (χ2v) is 7.20. The molecule has 2 unspecified atom stereocenters. The van der Waals surface area contributed by atoms with Crippen molar-refractivity contribution in [3.05, 3.63) is 101 Å². The summed E-state index contributed by atoms with van der Waals surface area (Å²) < 4.78 is 1.02. The van der Waals surface area contributed by atoms with E-state index in [1.165, 1.54) is 0 Å². The summed E-state index contributed by atoms with van der Waals surface area (Å²) in [5.41, 5.74) is 2.66. The molecule has 1 fully saturated rings. The Hall–Kier alpha value is -2.43. The Balaban J connectivity index is 1.67. The van der Waals surface area contributed by atoms with Gasteiger partial charge in [0.15, 0.2) is 5.78 Å². The van der Waals surface area contributed by atoms with Gasteiger partial charge in [0.2, 0.25) is 0 Å². The molecule has 0 radical (unpaired) electrons. The first-order chi connectivity index (χ1) is 12.7. The van der Waals surface area contributed by atoms with E-state index in [2.05, 4.69) is 15.9 Å². The Bertz CT molecular complexity index is 881. The van der Waals surface area contributed by atoms with Gasteiger partial charge in [-0.05, 0) is 29.8 Å². The zero-order valence-corrected chi connectivity index (χ0v) is 15.7. The fourth-order valence-corrected chi connectivity index (χ4v) is 3.51. The molecule has 1 saturated heterocycles. The number of carbonyl (C=O) groups is 1. The van der Waals surface area contributed by atoms with E-state index in [-0.39, 0.29) is 17.9 Å². The number of rotatable bonds is 4. The van der Waals surface area contributed by atoms with Crippen LogP contribution in [-0.2, 0) is 4.84 Å². The standard InChI is InChI=1S/C22H18BrNO2/c23-18-13-11-16(12-14-18)21-15-20(22(25)17-7-3-1-4-8-17)24(26-21)19-9-5-2-6-10-19/h1-14,20-21H,15H2. The molecule has 4 heteroatoms. The molecule has 0 spiro atoms. The van der Waals surface area contributed by atoms with Crippen LogP contribution in [0.2, 0.25) is 0 Å². The van der Waals surface area contributed by atoms with Crippen molar-refractivity contribution in [2.45, 2.75) is 18.6 Å². The molecule has 3 aromatic carbocycles. The Kier molecular flexibility index (Phi) is 4.87. The summed E-state index contributed by atoms with van der Waals surface area (Å²) >= 11 is 3.46. The van der Waals surface area contributed by atoms with Gasteiger partial charge in [-0.25, -0.2) is 5.06 Å². The largest absolute Gasteiger partial charge is 0.292 e. The lowest BCUT2D eigenvalue weighted by atomic mass is 9.97. The third-order valence-corrected chi connectivity index (χ3v) is 5.10. The summed E-state index contributed by atoms with van der Waals surface area (Å²) in [7, 11) is 0. The van der Waals surface area contributed by atoms with E-state index in [1.54, 1.807) is 5.06 Å². The van der Waals surface area contributed by atoms with Crippen LogP contribution in [0.4, 0.5) is 5.69 Å². The van der Waals surface area contributed by atoms with E-state index < -0.39 is 0 Å². The quantitative estimate of drug-likeness (QED) is 0.528. The van der Waals surface area contributed by atoms with Gasteiger partial charge in [-0.1, -0.05) is 76.6 Å². The zero-order chi connectivity index (χ0) is 17.9. The predicted molar refractivity (Wildman–Crippen MR) is 106 cm³/mol. The van der Waals surface area contributed by atoms with Gasteiger partial charge in [-0.3, -0.25) is 9.63 Å². The Labute approximate surface area is 161 Å².